The predicted octanol–water partition coefficient (Wildman–Crippen LogP) is 6.05. The van der Waals surface area contributed by atoms with Gasteiger partial charge in [0.2, 0.25) is 0 Å². The molecule has 0 aliphatic heterocycles. The van der Waals surface area contributed by atoms with Crippen LogP contribution in [0.15, 0.2) is 78.9 Å². The molecule has 1 unspecified atom stereocenters. The highest BCUT2D eigenvalue weighted by molar-refractivity contribution is 6.13. The normalized spacial score (nSPS) is 16.2. The first-order chi connectivity index (χ1) is 12.3. The third kappa shape index (κ3) is 2.24. The number of hydrogen-bond donors (Lipinski definition) is 1. The SMILES string of the molecule is Oc1cccc(C2C=Cc3c(c4ccccc4c4ccccc34)C2)c1. The zero-order chi connectivity index (χ0) is 16.8. The first-order valence-electron chi connectivity index (χ1n) is 8.71. The van der Waals surface area contributed by atoms with E-state index in [-0.39, 0.29) is 0 Å². The van der Waals surface area contributed by atoms with Crippen LogP contribution in [0.1, 0.15) is 22.6 Å². The summed E-state index contributed by atoms with van der Waals surface area (Å²) < 4.78 is 0. The average molecular weight is 322 g/mol. The maximum atomic E-state index is 9.83. The molecule has 0 saturated carbocycles. The second kappa shape index (κ2) is 5.49. The molecule has 0 aromatic heterocycles. The first-order valence-corrected chi connectivity index (χ1v) is 8.71. The second-order valence-corrected chi connectivity index (χ2v) is 6.75. The van der Waals surface area contributed by atoms with E-state index < -0.39 is 0 Å². The van der Waals surface area contributed by atoms with Crippen LogP contribution in [0, 0.1) is 0 Å². The Morgan fingerprint density at radius 1 is 0.720 bits per heavy atom. The summed E-state index contributed by atoms with van der Waals surface area (Å²) in [6.45, 7) is 0. The first kappa shape index (κ1) is 14.3. The lowest BCUT2D eigenvalue weighted by Gasteiger charge is -2.23. The summed E-state index contributed by atoms with van der Waals surface area (Å²) in [7, 11) is 0. The molecule has 1 atom stereocenters. The van der Waals surface area contributed by atoms with Crippen LogP contribution in [0.2, 0.25) is 0 Å². The largest absolute Gasteiger partial charge is 0.508 e. The van der Waals surface area contributed by atoms with Crippen LogP contribution in [-0.4, -0.2) is 5.11 Å². The van der Waals surface area contributed by atoms with Crippen LogP contribution < -0.4 is 0 Å². The molecule has 1 heteroatoms. The molecule has 0 radical (unpaired) electrons. The molecule has 0 amide bonds. The Kier molecular flexibility index (Phi) is 3.14. The molecule has 0 fully saturated rings. The molecular weight excluding hydrogens is 304 g/mol. The second-order valence-electron chi connectivity index (χ2n) is 6.75. The predicted molar refractivity (Wildman–Crippen MR) is 105 cm³/mol. The minimum absolute atomic E-state index is 0.296. The number of phenolic OH excluding ortho intramolecular Hbond substituents is 1. The van der Waals surface area contributed by atoms with Crippen LogP contribution in [0.3, 0.4) is 0 Å². The lowest BCUT2D eigenvalue weighted by atomic mass is 9.80. The highest BCUT2D eigenvalue weighted by Gasteiger charge is 2.20. The monoisotopic (exact) mass is 322 g/mol. The fourth-order valence-electron chi connectivity index (χ4n) is 4.14. The van der Waals surface area contributed by atoms with Crippen molar-refractivity contribution in [2.24, 2.45) is 0 Å². The third-order valence-electron chi connectivity index (χ3n) is 5.30. The van der Waals surface area contributed by atoms with Crippen LogP contribution in [0.25, 0.3) is 27.6 Å². The Morgan fingerprint density at radius 3 is 2.16 bits per heavy atom. The summed E-state index contributed by atoms with van der Waals surface area (Å²) in [5.74, 6) is 0.629. The summed E-state index contributed by atoms with van der Waals surface area (Å²) in [5, 5.41) is 15.1. The number of rotatable bonds is 1. The van der Waals surface area contributed by atoms with Gasteiger partial charge in [0, 0.05) is 5.92 Å². The van der Waals surface area contributed by atoms with Crippen LogP contribution in [-0.2, 0) is 6.42 Å². The molecule has 0 saturated heterocycles. The van der Waals surface area contributed by atoms with Crippen molar-refractivity contribution in [3.05, 3.63) is 95.6 Å². The van der Waals surface area contributed by atoms with Gasteiger partial charge in [-0.05, 0) is 56.8 Å². The molecule has 4 aromatic rings. The van der Waals surface area contributed by atoms with Crippen LogP contribution in [0.4, 0.5) is 0 Å². The lowest BCUT2D eigenvalue weighted by Crippen LogP contribution is -2.07. The molecule has 0 bridgehead atoms. The number of allylic oxidation sites excluding steroid dienone is 1. The van der Waals surface area contributed by atoms with Gasteiger partial charge >= 0.3 is 0 Å². The van der Waals surface area contributed by atoms with Crippen LogP contribution >= 0.6 is 0 Å². The Morgan fingerprint density at radius 2 is 1.40 bits per heavy atom. The van der Waals surface area contributed by atoms with Gasteiger partial charge in [0.1, 0.15) is 5.75 Å². The maximum absolute atomic E-state index is 9.83. The maximum Gasteiger partial charge on any atom is 0.115 e. The van der Waals surface area contributed by atoms with Crippen molar-refractivity contribution in [1.29, 1.82) is 0 Å². The molecule has 25 heavy (non-hydrogen) atoms. The molecule has 0 heterocycles. The molecule has 1 N–H and O–H groups in total. The van der Waals surface area contributed by atoms with Gasteiger partial charge in [-0.25, -0.2) is 0 Å². The topological polar surface area (TPSA) is 20.2 Å². The molecule has 1 aliphatic rings. The molecular formula is C24H18O. The van der Waals surface area contributed by atoms with Gasteiger partial charge in [-0.15, -0.1) is 0 Å². The van der Waals surface area contributed by atoms with Crippen molar-refractivity contribution >= 4 is 27.6 Å². The molecule has 0 spiro atoms. The average Bonchev–Trinajstić information content (AvgIpc) is 2.68. The van der Waals surface area contributed by atoms with Gasteiger partial charge in [-0.1, -0.05) is 72.8 Å². The van der Waals surface area contributed by atoms with Crippen molar-refractivity contribution in [3.8, 4) is 5.75 Å². The Balaban J connectivity index is 1.77. The molecule has 4 aromatic carbocycles. The third-order valence-corrected chi connectivity index (χ3v) is 5.30. The van der Waals surface area contributed by atoms with E-state index in [1.165, 1.54) is 38.2 Å². The van der Waals surface area contributed by atoms with E-state index in [9.17, 15) is 5.11 Å². The number of hydrogen-bond acceptors (Lipinski definition) is 1. The Hall–Kier alpha value is -3.06. The van der Waals surface area contributed by atoms with E-state index in [2.05, 4.69) is 66.7 Å². The molecule has 5 rings (SSSR count). The Labute approximate surface area is 146 Å². The van der Waals surface area contributed by atoms with E-state index >= 15 is 0 Å². The summed E-state index contributed by atoms with van der Waals surface area (Å²) in [6, 6.07) is 25.0. The number of benzene rings is 4. The van der Waals surface area contributed by atoms with Crippen molar-refractivity contribution < 1.29 is 5.11 Å². The number of fused-ring (bicyclic) bond motifs is 6. The van der Waals surface area contributed by atoms with Gasteiger partial charge in [0.25, 0.3) is 0 Å². The summed E-state index contributed by atoms with van der Waals surface area (Å²) in [5.41, 5.74) is 3.91. The number of phenols is 1. The van der Waals surface area contributed by atoms with Gasteiger partial charge in [0.15, 0.2) is 0 Å². The van der Waals surface area contributed by atoms with Crippen molar-refractivity contribution in [2.45, 2.75) is 12.3 Å². The molecule has 120 valence electrons. The van der Waals surface area contributed by atoms with Crippen molar-refractivity contribution in [1.82, 2.24) is 0 Å². The van der Waals surface area contributed by atoms with E-state index in [4.69, 9.17) is 0 Å². The fourth-order valence-corrected chi connectivity index (χ4v) is 4.14. The highest BCUT2D eigenvalue weighted by Crippen LogP contribution is 2.40. The smallest absolute Gasteiger partial charge is 0.115 e. The van der Waals surface area contributed by atoms with Gasteiger partial charge in [-0.2, -0.15) is 0 Å². The quantitative estimate of drug-likeness (QED) is 0.423. The highest BCUT2D eigenvalue weighted by atomic mass is 16.3. The standard InChI is InChI=1S/C24H18O/c25-18-7-5-6-16(14-18)17-12-13-23-21-10-2-1-8-19(21)20-9-3-4-11-22(20)24(23)15-17/h1-14,17,25H,15H2. The zero-order valence-corrected chi connectivity index (χ0v) is 13.8. The summed E-state index contributed by atoms with van der Waals surface area (Å²) in [4.78, 5) is 0. The van der Waals surface area contributed by atoms with E-state index in [1.807, 2.05) is 12.1 Å². The van der Waals surface area contributed by atoms with Crippen LogP contribution in [0.5, 0.6) is 5.75 Å². The zero-order valence-electron chi connectivity index (χ0n) is 13.8. The van der Waals surface area contributed by atoms with E-state index in [0.29, 0.717) is 11.7 Å². The van der Waals surface area contributed by atoms with Crippen molar-refractivity contribution in [3.63, 3.8) is 0 Å². The number of aromatic hydroxyl groups is 1. The molecule has 1 aliphatic carbocycles. The fraction of sp³-hybridized carbons (Fsp3) is 0.0833. The summed E-state index contributed by atoms with van der Waals surface area (Å²) >= 11 is 0. The Bertz CT molecular complexity index is 1140. The summed E-state index contributed by atoms with van der Waals surface area (Å²) in [6.07, 6.45) is 5.50. The van der Waals surface area contributed by atoms with E-state index in [1.54, 1.807) is 6.07 Å². The lowest BCUT2D eigenvalue weighted by molar-refractivity contribution is 0.474. The minimum Gasteiger partial charge on any atom is -0.508 e. The van der Waals surface area contributed by atoms with Gasteiger partial charge < -0.3 is 5.11 Å². The van der Waals surface area contributed by atoms with Gasteiger partial charge in [0.05, 0.1) is 0 Å². The molecule has 1 nitrogen and oxygen atoms in total. The van der Waals surface area contributed by atoms with Crippen molar-refractivity contribution in [2.75, 3.05) is 0 Å². The minimum atomic E-state index is 0.296. The van der Waals surface area contributed by atoms with Gasteiger partial charge in [-0.3, -0.25) is 0 Å². The van der Waals surface area contributed by atoms with E-state index in [0.717, 1.165) is 6.42 Å².